The van der Waals surface area contributed by atoms with Crippen molar-refractivity contribution in [2.75, 3.05) is 19.0 Å². The van der Waals surface area contributed by atoms with Gasteiger partial charge in [-0.3, -0.25) is 38.8 Å². The van der Waals surface area contributed by atoms with Crippen LogP contribution < -0.4 is 49.5 Å². The molecule has 1 heterocycles. The molecule has 0 spiro atoms. The van der Waals surface area contributed by atoms with E-state index >= 15 is 0 Å². The van der Waals surface area contributed by atoms with Gasteiger partial charge in [0.05, 0.1) is 18.2 Å². The van der Waals surface area contributed by atoms with Crippen molar-refractivity contribution in [2.45, 2.75) is 90.0 Å². The summed E-state index contributed by atoms with van der Waals surface area (Å²) < 4.78 is 0. The molecular formula is C29H50ClN13O6. The summed E-state index contributed by atoms with van der Waals surface area (Å²) in [5, 5.41) is 13.1. The van der Waals surface area contributed by atoms with Crippen LogP contribution in [-0.2, 0) is 35.2 Å². The van der Waals surface area contributed by atoms with Crippen LogP contribution in [0.2, 0.25) is 0 Å². The Morgan fingerprint density at radius 1 is 0.776 bits per heavy atom. The molecule has 0 aromatic carbocycles. The summed E-state index contributed by atoms with van der Waals surface area (Å²) in [6.07, 6.45) is 3.70. The Morgan fingerprint density at radius 2 is 1.29 bits per heavy atom. The lowest BCUT2D eigenvalue weighted by Crippen LogP contribution is -2.60. The smallest absolute Gasteiger partial charge is 0.243 e. The van der Waals surface area contributed by atoms with E-state index in [-0.39, 0.29) is 56.6 Å². The Hall–Kier alpha value is -4.94. The fourth-order valence-corrected chi connectivity index (χ4v) is 4.68. The van der Waals surface area contributed by atoms with Crippen LogP contribution in [0.25, 0.3) is 0 Å². The minimum atomic E-state index is -1.20. The SMILES string of the molecule is CC(=O)NC(CCCN=C(N)N)C(=O)NC(C(=O)NC(CCCN=C(N)N)C(=O)NC(Cc1cnc[nH]1)C(=O)NC(C)C(=O)CCl)C(C)C. The fourth-order valence-electron chi connectivity index (χ4n) is 4.45. The Kier molecular flexibility index (Phi) is 18.8. The zero-order valence-electron chi connectivity index (χ0n) is 28.3. The average Bonchev–Trinajstić information content (AvgIpc) is 3.54. The van der Waals surface area contributed by atoms with E-state index in [2.05, 4.69) is 46.5 Å². The second kappa shape index (κ2) is 21.8. The van der Waals surface area contributed by atoms with Crippen molar-refractivity contribution < 1.29 is 28.8 Å². The summed E-state index contributed by atoms with van der Waals surface area (Å²) in [6.45, 7) is 6.46. The molecule has 1 rings (SSSR count). The van der Waals surface area contributed by atoms with Crippen LogP contribution in [0.5, 0.6) is 0 Å². The number of nitrogens with one attached hydrogen (secondary N) is 6. The number of aromatic amines is 1. The number of rotatable bonds is 22. The quantitative estimate of drug-likeness (QED) is 0.0250. The maximum absolute atomic E-state index is 13.7. The van der Waals surface area contributed by atoms with E-state index in [1.807, 2.05) is 0 Å². The number of aliphatic imine (C=N–C) groups is 2. The number of aromatic nitrogens is 2. The highest BCUT2D eigenvalue weighted by atomic mass is 35.5. The zero-order chi connectivity index (χ0) is 37.1. The van der Waals surface area contributed by atoms with Crippen LogP contribution in [-0.4, -0.2) is 106 Å². The number of imidazole rings is 1. The molecule has 0 aliphatic rings. The summed E-state index contributed by atoms with van der Waals surface area (Å²) in [4.78, 5) is 92.2. The van der Waals surface area contributed by atoms with Gasteiger partial charge in [-0.15, -0.1) is 11.6 Å². The van der Waals surface area contributed by atoms with Gasteiger partial charge in [0.1, 0.15) is 24.2 Å². The molecule has 0 aliphatic carbocycles. The standard InChI is InChI=1S/C29H50ClN13O6/c1-15(2)23(43-25(47)19(40-17(4)44)7-5-9-36-28(31)32)27(49)41-20(8-6-10-37-29(33)34)24(46)42-21(11-18-13-35-14-38-18)26(48)39-16(3)22(45)12-30/h13-16,19-21,23H,5-12H2,1-4H3,(H,35,38)(H,39,48)(H,40,44)(H,41,49)(H,42,46)(H,43,47)(H4,31,32,36)(H4,33,34,37). The second-order valence-corrected chi connectivity index (χ2v) is 11.9. The molecular weight excluding hydrogens is 662 g/mol. The molecule has 5 amide bonds. The molecule has 0 fully saturated rings. The van der Waals surface area contributed by atoms with Crippen LogP contribution in [0.4, 0.5) is 0 Å². The highest BCUT2D eigenvalue weighted by Gasteiger charge is 2.33. The molecule has 0 saturated carbocycles. The van der Waals surface area contributed by atoms with Gasteiger partial charge in [0, 0.05) is 38.3 Å². The van der Waals surface area contributed by atoms with Gasteiger partial charge in [0.2, 0.25) is 29.5 Å². The number of halogens is 1. The lowest BCUT2D eigenvalue weighted by Gasteiger charge is -2.28. The van der Waals surface area contributed by atoms with Crippen LogP contribution in [0.15, 0.2) is 22.5 Å². The van der Waals surface area contributed by atoms with E-state index in [0.29, 0.717) is 12.1 Å². The van der Waals surface area contributed by atoms with E-state index in [4.69, 9.17) is 34.5 Å². The van der Waals surface area contributed by atoms with Gasteiger partial charge in [0.15, 0.2) is 17.7 Å². The highest BCUT2D eigenvalue weighted by molar-refractivity contribution is 6.28. The van der Waals surface area contributed by atoms with Crippen LogP contribution in [0.1, 0.15) is 59.1 Å². The second-order valence-electron chi connectivity index (χ2n) is 11.6. The Morgan fingerprint density at radius 3 is 1.76 bits per heavy atom. The third-order valence-electron chi connectivity index (χ3n) is 7.05. The summed E-state index contributed by atoms with van der Waals surface area (Å²) in [6, 6.07) is -5.43. The molecule has 19 nitrogen and oxygen atoms in total. The number of carbonyl (C=O) groups excluding carboxylic acids is 6. The maximum Gasteiger partial charge on any atom is 0.243 e. The number of hydrogen-bond acceptors (Lipinski definition) is 9. The predicted molar refractivity (Wildman–Crippen MR) is 184 cm³/mol. The molecule has 20 heteroatoms. The molecule has 0 saturated heterocycles. The van der Waals surface area contributed by atoms with E-state index < -0.39 is 71.4 Å². The number of hydrogen-bond donors (Lipinski definition) is 10. The van der Waals surface area contributed by atoms with Crippen LogP contribution in [0, 0.1) is 5.92 Å². The van der Waals surface area contributed by atoms with Gasteiger partial charge >= 0.3 is 0 Å². The van der Waals surface area contributed by atoms with Gasteiger partial charge < -0.3 is 54.5 Å². The first-order valence-corrected chi connectivity index (χ1v) is 16.2. The summed E-state index contributed by atoms with van der Waals surface area (Å²) in [5.74, 6) is -4.64. The minimum absolute atomic E-state index is 0.0214. The molecule has 1 aromatic rings. The molecule has 49 heavy (non-hydrogen) atoms. The first kappa shape index (κ1) is 42.1. The molecule has 274 valence electrons. The van der Waals surface area contributed by atoms with Crippen molar-refractivity contribution in [3.05, 3.63) is 18.2 Å². The van der Waals surface area contributed by atoms with E-state index in [0.717, 1.165) is 0 Å². The number of H-pyrrole nitrogens is 1. The van der Waals surface area contributed by atoms with Gasteiger partial charge in [-0.05, 0) is 38.5 Å². The molecule has 0 aliphatic heterocycles. The summed E-state index contributed by atoms with van der Waals surface area (Å²) >= 11 is 5.63. The lowest BCUT2D eigenvalue weighted by molar-refractivity contribution is -0.135. The number of amides is 5. The summed E-state index contributed by atoms with van der Waals surface area (Å²) in [5.41, 5.74) is 22.1. The molecule has 5 atom stereocenters. The van der Waals surface area contributed by atoms with Crippen LogP contribution >= 0.6 is 11.6 Å². The Bertz CT molecular complexity index is 1310. The highest BCUT2D eigenvalue weighted by Crippen LogP contribution is 2.09. The van der Waals surface area contributed by atoms with Crippen molar-refractivity contribution in [1.29, 1.82) is 0 Å². The third-order valence-corrected chi connectivity index (χ3v) is 7.31. The van der Waals surface area contributed by atoms with Gasteiger partial charge in [-0.1, -0.05) is 13.8 Å². The monoisotopic (exact) mass is 711 g/mol. The Balaban J connectivity index is 3.24. The Labute approximate surface area is 290 Å². The first-order valence-electron chi connectivity index (χ1n) is 15.7. The van der Waals surface area contributed by atoms with E-state index in [1.54, 1.807) is 13.8 Å². The number of carbonyl (C=O) groups is 6. The first-order chi connectivity index (χ1) is 23.0. The average molecular weight is 712 g/mol. The van der Waals surface area contributed by atoms with E-state index in [1.165, 1.54) is 26.4 Å². The van der Waals surface area contributed by atoms with Gasteiger partial charge in [-0.2, -0.15) is 0 Å². The number of nitrogens with two attached hydrogens (primary N) is 4. The third kappa shape index (κ3) is 16.6. The van der Waals surface area contributed by atoms with Crippen molar-refractivity contribution in [3.8, 4) is 0 Å². The van der Waals surface area contributed by atoms with Gasteiger partial charge in [-0.25, -0.2) is 4.98 Å². The molecule has 14 N–H and O–H groups in total. The fraction of sp³-hybridized carbons (Fsp3) is 0.621. The molecule has 1 aromatic heterocycles. The topological polar surface area (TPSA) is 320 Å². The number of Topliss-reactive ketones (excluding diaryl/α,β-unsaturated/α-hetero) is 1. The van der Waals surface area contributed by atoms with Crippen molar-refractivity contribution in [2.24, 2.45) is 38.8 Å². The summed E-state index contributed by atoms with van der Waals surface area (Å²) in [7, 11) is 0. The van der Waals surface area contributed by atoms with Crippen molar-refractivity contribution in [1.82, 2.24) is 36.6 Å². The molecule has 0 radical (unpaired) electrons. The van der Waals surface area contributed by atoms with Crippen molar-refractivity contribution in [3.63, 3.8) is 0 Å². The van der Waals surface area contributed by atoms with Crippen molar-refractivity contribution >= 4 is 58.8 Å². The number of ketones is 1. The number of nitrogens with zero attached hydrogens (tertiary/aromatic N) is 3. The maximum atomic E-state index is 13.7. The molecule has 0 bridgehead atoms. The number of alkyl halides is 1. The molecule has 5 unspecified atom stereocenters. The number of guanidine groups is 2. The van der Waals surface area contributed by atoms with Gasteiger partial charge in [0.25, 0.3) is 0 Å². The van der Waals surface area contributed by atoms with Crippen LogP contribution in [0.3, 0.4) is 0 Å². The normalized spacial score (nSPS) is 13.8. The van der Waals surface area contributed by atoms with E-state index in [9.17, 15) is 28.8 Å². The lowest BCUT2D eigenvalue weighted by atomic mass is 10.0. The largest absolute Gasteiger partial charge is 0.370 e. The predicted octanol–water partition coefficient (Wildman–Crippen LogP) is -3.01. The zero-order valence-corrected chi connectivity index (χ0v) is 29.0. The minimum Gasteiger partial charge on any atom is -0.370 e.